The number of carbonyl (C=O) groups is 2. The van der Waals surface area contributed by atoms with Crippen LogP contribution in [0.3, 0.4) is 0 Å². The van der Waals surface area contributed by atoms with Crippen LogP contribution in [0, 0.1) is 18.3 Å². The summed E-state index contributed by atoms with van der Waals surface area (Å²) in [5.74, 6) is -0.941. The van der Waals surface area contributed by atoms with Gasteiger partial charge in [0.2, 0.25) is 0 Å². The van der Waals surface area contributed by atoms with Gasteiger partial charge in [-0.1, -0.05) is 0 Å². The van der Waals surface area contributed by atoms with Gasteiger partial charge in [-0.05, 0) is 40.5 Å². The zero-order valence-corrected chi connectivity index (χ0v) is 12.8. The van der Waals surface area contributed by atoms with Gasteiger partial charge in [-0.25, -0.2) is 0 Å². The third kappa shape index (κ3) is 2.96. The summed E-state index contributed by atoms with van der Waals surface area (Å²) in [5.41, 5.74) is 2.02. The molecule has 2 N–H and O–H groups in total. The summed E-state index contributed by atoms with van der Waals surface area (Å²) in [6.07, 6.45) is 1.20. The number of rotatable bonds is 4. The van der Waals surface area contributed by atoms with E-state index in [4.69, 9.17) is 10.4 Å². The molecule has 1 aromatic rings. The van der Waals surface area contributed by atoms with Crippen molar-refractivity contribution >= 4 is 33.4 Å². The second kappa shape index (κ2) is 6.08. The highest BCUT2D eigenvalue weighted by molar-refractivity contribution is 9.10. The molecule has 0 aliphatic carbocycles. The maximum absolute atomic E-state index is 12.1. The highest BCUT2D eigenvalue weighted by Gasteiger charge is 2.31. The fourth-order valence-electron chi connectivity index (χ4n) is 2.01. The van der Waals surface area contributed by atoms with Crippen LogP contribution in [0.15, 0.2) is 28.4 Å². The molecule has 0 radical (unpaired) electrons. The summed E-state index contributed by atoms with van der Waals surface area (Å²) in [6.45, 7) is 1.48. The number of imide groups is 1. The lowest BCUT2D eigenvalue weighted by Gasteiger charge is -2.15. The maximum Gasteiger partial charge on any atom is 0.277 e. The molecule has 2 amide bonds. The first-order chi connectivity index (χ1) is 9.97. The molecule has 1 heterocycles. The van der Waals surface area contributed by atoms with Crippen LogP contribution in [0.4, 0.5) is 5.69 Å². The first kappa shape index (κ1) is 15.2. The number of benzene rings is 1. The van der Waals surface area contributed by atoms with E-state index in [0.29, 0.717) is 15.7 Å². The SMILES string of the molecule is Cc1cc(C#N)cc(Br)c1NC1=CC(=O)N(CCO)C1=O. The zero-order chi connectivity index (χ0) is 15.6. The average Bonchev–Trinajstić information content (AvgIpc) is 2.70. The quantitative estimate of drug-likeness (QED) is 0.798. The van der Waals surface area contributed by atoms with Crippen molar-refractivity contribution in [3.63, 3.8) is 0 Å². The lowest BCUT2D eigenvalue weighted by molar-refractivity contribution is -0.137. The third-order valence-corrected chi connectivity index (χ3v) is 3.63. The van der Waals surface area contributed by atoms with Crippen molar-refractivity contribution in [3.05, 3.63) is 39.5 Å². The highest BCUT2D eigenvalue weighted by Crippen LogP contribution is 2.30. The predicted octanol–water partition coefficient (Wildman–Crippen LogP) is 1.29. The van der Waals surface area contributed by atoms with Crippen molar-refractivity contribution in [2.75, 3.05) is 18.5 Å². The number of halogens is 1. The summed E-state index contributed by atoms with van der Waals surface area (Å²) < 4.78 is 0.626. The van der Waals surface area contributed by atoms with E-state index in [2.05, 4.69) is 21.2 Å². The monoisotopic (exact) mass is 349 g/mol. The average molecular weight is 350 g/mol. The standard InChI is InChI=1S/C14H12BrN3O3/c1-8-4-9(7-16)5-10(15)13(8)17-11-6-12(20)18(2-3-19)14(11)21/h4-6,17,19H,2-3H2,1H3. The van der Waals surface area contributed by atoms with Crippen LogP contribution >= 0.6 is 15.9 Å². The van der Waals surface area contributed by atoms with Gasteiger partial charge in [0, 0.05) is 10.5 Å². The molecule has 0 saturated carbocycles. The normalized spacial score (nSPS) is 14.2. The molecule has 2 rings (SSSR count). The van der Waals surface area contributed by atoms with E-state index in [-0.39, 0.29) is 18.8 Å². The van der Waals surface area contributed by atoms with E-state index >= 15 is 0 Å². The van der Waals surface area contributed by atoms with E-state index in [1.165, 1.54) is 6.08 Å². The topological polar surface area (TPSA) is 93.4 Å². The third-order valence-electron chi connectivity index (χ3n) is 3.01. The molecular weight excluding hydrogens is 338 g/mol. The minimum Gasteiger partial charge on any atom is -0.395 e. The van der Waals surface area contributed by atoms with Gasteiger partial charge < -0.3 is 10.4 Å². The number of carbonyl (C=O) groups excluding carboxylic acids is 2. The minimum atomic E-state index is -0.482. The van der Waals surface area contributed by atoms with Crippen molar-refractivity contribution in [2.45, 2.75) is 6.92 Å². The largest absolute Gasteiger partial charge is 0.395 e. The Kier molecular flexibility index (Phi) is 4.40. The van der Waals surface area contributed by atoms with Gasteiger partial charge in [0.15, 0.2) is 0 Å². The summed E-state index contributed by atoms with van der Waals surface area (Å²) >= 11 is 3.34. The molecule has 0 fully saturated rings. The molecule has 1 aromatic carbocycles. The molecule has 0 saturated heterocycles. The van der Waals surface area contributed by atoms with Gasteiger partial charge in [0.05, 0.1) is 30.5 Å². The Labute approximate surface area is 129 Å². The lowest BCUT2D eigenvalue weighted by Crippen LogP contribution is -2.34. The minimum absolute atomic E-state index is 0.0349. The molecule has 0 bridgehead atoms. The maximum atomic E-state index is 12.1. The number of nitrogens with one attached hydrogen (secondary N) is 1. The Morgan fingerprint density at radius 2 is 2.14 bits per heavy atom. The number of anilines is 1. The molecule has 7 heteroatoms. The Hall–Kier alpha value is -2.17. The molecule has 1 aliphatic rings. The predicted molar refractivity (Wildman–Crippen MR) is 79.1 cm³/mol. The second-order valence-electron chi connectivity index (χ2n) is 4.46. The summed E-state index contributed by atoms with van der Waals surface area (Å²) in [7, 11) is 0. The molecule has 6 nitrogen and oxygen atoms in total. The van der Waals surface area contributed by atoms with Crippen LogP contribution in [0.25, 0.3) is 0 Å². The Bertz CT molecular complexity index is 668. The van der Waals surface area contributed by atoms with E-state index in [9.17, 15) is 9.59 Å². The summed E-state index contributed by atoms with van der Waals surface area (Å²) in [6, 6.07) is 5.35. The Morgan fingerprint density at radius 1 is 1.43 bits per heavy atom. The van der Waals surface area contributed by atoms with Crippen LogP contribution < -0.4 is 5.32 Å². The van der Waals surface area contributed by atoms with E-state index < -0.39 is 11.8 Å². The van der Waals surface area contributed by atoms with Crippen molar-refractivity contribution in [1.82, 2.24) is 4.90 Å². The molecular formula is C14H12BrN3O3. The Morgan fingerprint density at radius 3 is 2.71 bits per heavy atom. The van der Waals surface area contributed by atoms with Gasteiger partial charge in [-0.2, -0.15) is 5.26 Å². The second-order valence-corrected chi connectivity index (χ2v) is 5.32. The number of aliphatic hydroxyl groups excluding tert-OH is 1. The van der Waals surface area contributed by atoms with Crippen LogP contribution in [0.2, 0.25) is 0 Å². The van der Waals surface area contributed by atoms with E-state index in [1.807, 2.05) is 6.07 Å². The highest BCUT2D eigenvalue weighted by atomic mass is 79.9. The first-order valence-corrected chi connectivity index (χ1v) is 6.93. The molecule has 21 heavy (non-hydrogen) atoms. The van der Waals surface area contributed by atoms with Crippen molar-refractivity contribution < 1.29 is 14.7 Å². The Balaban J connectivity index is 2.28. The number of nitriles is 1. The van der Waals surface area contributed by atoms with Crippen LogP contribution in [-0.4, -0.2) is 35.0 Å². The van der Waals surface area contributed by atoms with Crippen LogP contribution in [-0.2, 0) is 9.59 Å². The molecule has 1 aliphatic heterocycles. The van der Waals surface area contributed by atoms with Crippen molar-refractivity contribution in [1.29, 1.82) is 5.26 Å². The van der Waals surface area contributed by atoms with Gasteiger partial charge in [-0.3, -0.25) is 14.5 Å². The number of aryl methyl sites for hydroxylation is 1. The fraction of sp³-hybridized carbons (Fsp3) is 0.214. The molecule has 0 unspecified atom stereocenters. The number of amides is 2. The molecule has 0 aromatic heterocycles. The van der Waals surface area contributed by atoms with E-state index in [1.54, 1.807) is 19.1 Å². The van der Waals surface area contributed by atoms with Crippen molar-refractivity contribution in [2.24, 2.45) is 0 Å². The van der Waals surface area contributed by atoms with Crippen LogP contribution in [0.5, 0.6) is 0 Å². The molecule has 0 spiro atoms. The number of nitrogens with zero attached hydrogens (tertiary/aromatic N) is 2. The van der Waals surface area contributed by atoms with Gasteiger partial charge >= 0.3 is 0 Å². The molecule has 0 atom stereocenters. The number of β-amino-alcohol motifs (C(OH)–C–C–N with tert-alkyl or cyclic N) is 1. The summed E-state index contributed by atoms with van der Waals surface area (Å²) in [5, 5.41) is 20.7. The summed E-state index contributed by atoms with van der Waals surface area (Å²) in [4.78, 5) is 24.7. The van der Waals surface area contributed by atoms with Crippen molar-refractivity contribution in [3.8, 4) is 6.07 Å². The van der Waals surface area contributed by atoms with Crippen LogP contribution in [0.1, 0.15) is 11.1 Å². The van der Waals surface area contributed by atoms with Gasteiger partial charge in [0.25, 0.3) is 11.8 Å². The zero-order valence-electron chi connectivity index (χ0n) is 11.2. The smallest absolute Gasteiger partial charge is 0.277 e. The van der Waals surface area contributed by atoms with E-state index in [0.717, 1.165) is 10.5 Å². The first-order valence-electron chi connectivity index (χ1n) is 6.13. The number of aliphatic hydroxyl groups is 1. The number of hydrogen-bond acceptors (Lipinski definition) is 5. The lowest BCUT2D eigenvalue weighted by atomic mass is 10.1. The van der Waals surface area contributed by atoms with Gasteiger partial charge in [-0.15, -0.1) is 0 Å². The van der Waals surface area contributed by atoms with Gasteiger partial charge in [0.1, 0.15) is 5.70 Å². The fourth-order valence-corrected chi connectivity index (χ4v) is 2.67. The number of hydrogen-bond donors (Lipinski definition) is 2. The molecule has 108 valence electrons.